The Morgan fingerprint density at radius 1 is 1.03 bits per heavy atom. The lowest BCUT2D eigenvalue weighted by Gasteiger charge is -2.20. The Bertz CT molecular complexity index is 1450. The van der Waals surface area contributed by atoms with Gasteiger partial charge in [-0.25, -0.2) is 15.0 Å². The van der Waals surface area contributed by atoms with Gasteiger partial charge >= 0.3 is 0 Å². The number of rotatable bonds is 7. The normalized spacial score (nSPS) is 21.3. The third-order valence-corrected chi connectivity index (χ3v) is 7.57. The number of benzene rings is 2. The summed E-state index contributed by atoms with van der Waals surface area (Å²) in [7, 11) is 0. The van der Waals surface area contributed by atoms with E-state index >= 15 is 0 Å². The molecule has 1 aliphatic rings. The molecule has 1 aliphatic carbocycles. The first-order chi connectivity index (χ1) is 17.8. The van der Waals surface area contributed by atoms with E-state index in [9.17, 15) is 15.0 Å². The summed E-state index contributed by atoms with van der Waals surface area (Å²) in [6, 6.07) is 16.2. The maximum Gasteiger partial charge on any atom is 0.200 e. The Hall–Kier alpha value is -3.60. The van der Waals surface area contributed by atoms with Gasteiger partial charge in [-0.3, -0.25) is 4.79 Å². The van der Waals surface area contributed by atoms with Gasteiger partial charge in [0, 0.05) is 10.9 Å². The number of hydrogen-bond donors (Lipinski definition) is 5. The number of nitrogen functional groups attached to an aromatic ring is 2. The molecule has 1 saturated carbocycles. The van der Waals surface area contributed by atoms with E-state index < -0.39 is 18.2 Å². The van der Waals surface area contributed by atoms with E-state index in [0.717, 1.165) is 20.9 Å². The van der Waals surface area contributed by atoms with Crippen molar-refractivity contribution in [1.29, 1.82) is 0 Å². The lowest BCUT2D eigenvalue weighted by Crippen LogP contribution is -2.36. The summed E-state index contributed by atoms with van der Waals surface area (Å²) in [5, 5.41) is 25.7. The van der Waals surface area contributed by atoms with Crippen molar-refractivity contribution in [3.05, 3.63) is 82.1 Å². The van der Waals surface area contributed by atoms with Gasteiger partial charge in [0.05, 0.1) is 22.1 Å². The van der Waals surface area contributed by atoms with Crippen molar-refractivity contribution in [2.24, 2.45) is 5.92 Å². The summed E-state index contributed by atoms with van der Waals surface area (Å²) in [6.07, 6.45) is 1.18. The van der Waals surface area contributed by atoms with E-state index in [2.05, 4.69) is 36.2 Å². The number of hydrogen-bond acceptors (Lipinski definition) is 9. The molecule has 4 aromatic rings. The second kappa shape index (κ2) is 10.4. The van der Waals surface area contributed by atoms with Crippen molar-refractivity contribution in [2.75, 3.05) is 16.8 Å². The molecule has 0 radical (unpaired) electrons. The zero-order valence-corrected chi connectivity index (χ0v) is 21.5. The van der Waals surface area contributed by atoms with Crippen LogP contribution in [0.1, 0.15) is 34.3 Å². The first-order valence-corrected chi connectivity index (χ1v) is 12.8. The second-order valence-corrected chi connectivity index (χ2v) is 10.2. The molecule has 2 aromatic heterocycles. The number of aliphatic hydroxyl groups is 2. The van der Waals surface area contributed by atoms with Gasteiger partial charge in [0.15, 0.2) is 5.78 Å². The number of aliphatic hydroxyl groups excluding tert-OH is 2. The number of nitrogens with zero attached hydrogens (tertiary/aromatic N) is 3. The summed E-state index contributed by atoms with van der Waals surface area (Å²) in [5.41, 5.74) is 14.5. The molecule has 10 heteroatoms. The molecule has 4 atom stereocenters. The number of carbonyl (C=O) groups excluding carboxylic acids is 1. The maximum absolute atomic E-state index is 13.1. The van der Waals surface area contributed by atoms with Gasteiger partial charge < -0.3 is 27.0 Å². The van der Waals surface area contributed by atoms with Crippen LogP contribution in [0.2, 0.25) is 0 Å². The van der Waals surface area contributed by atoms with Crippen LogP contribution in [-0.2, 0) is 6.42 Å². The van der Waals surface area contributed by atoms with E-state index in [4.69, 9.17) is 11.5 Å². The molecule has 190 valence electrons. The number of aryl methyl sites for hydroxylation is 1. The van der Waals surface area contributed by atoms with E-state index in [1.165, 1.54) is 6.33 Å². The zero-order chi connectivity index (χ0) is 26.1. The minimum atomic E-state index is -1.03. The molecule has 0 unspecified atom stereocenters. The molecule has 0 spiro atoms. The summed E-state index contributed by atoms with van der Waals surface area (Å²) >= 11 is 3.40. The fourth-order valence-electron chi connectivity index (χ4n) is 4.91. The van der Waals surface area contributed by atoms with Crippen molar-refractivity contribution in [3.63, 3.8) is 0 Å². The molecule has 2 aromatic carbocycles. The third-order valence-electron chi connectivity index (χ3n) is 6.93. The molecular formula is C27H27BrN6O3. The van der Waals surface area contributed by atoms with Gasteiger partial charge in [-0.2, -0.15) is 0 Å². The third kappa shape index (κ3) is 5.13. The monoisotopic (exact) mass is 562 g/mol. The molecule has 7 N–H and O–H groups in total. The van der Waals surface area contributed by atoms with Gasteiger partial charge in [0.25, 0.3) is 0 Å². The van der Waals surface area contributed by atoms with Crippen LogP contribution in [0.5, 0.6) is 0 Å². The van der Waals surface area contributed by atoms with Gasteiger partial charge in [-0.1, -0.05) is 42.5 Å². The smallest absolute Gasteiger partial charge is 0.200 e. The highest BCUT2D eigenvalue weighted by atomic mass is 79.9. The SMILES string of the molecule is Nc1nc2cc(CC[C@H]3C[C@@H](Nc4ncnc(N)c4C(=O)c4ccccc4)[C@H](O)[C@@H]3O)ccc2cc1Br. The first-order valence-electron chi connectivity index (χ1n) is 12.0. The number of halogens is 1. The Labute approximate surface area is 222 Å². The summed E-state index contributed by atoms with van der Waals surface area (Å²) in [5.74, 6) is 0.251. The number of pyridine rings is 1. The van der Waals surface area contributed by atoms with Crippen molar-refractivity contribution < 1.29 is 15.0 Å². The lowest BCUT2D eigenvalue weighted by atomic mass is 9.95. The molecule has 5 rings (SSSR count). The highest BCUT2D eigenvalue weighted by Gasteiger charge is 2.41. The highest BCUT2D eigenvalue weighted by molar-refractivity contribution is 9.10. The number of carbonyl (C=O) groups is 1. The van der Waals surface area contributed by atoms with Crippen LogP contribution in [0, 0.1) is 5.92 Å². The number of nitrogens with two attached hydrogens (primary N) is 2. The van der Waals surface area contributed by atoms with Crippen LogP contribution in [0.15, 0.2) is 65.4 Å². The lowest BCUT2D eigenvalue weighted by molar-refractivity contribution is 0.0158. The molecule has 0 amide bonds. The molecular weight excluding hydrogens is 536 g/mol. The fraction of sp³-hybridized carbons (Fsp3) is 0.259. The molecule has 9 nitrogen and oxygen atoms in total. The average molecular weight is 563 g/mol. The van der Waals surface area contributed by atoms with Crippen LogP contribution in [-0.4, -0.2) is 49.2 Å². The standard InChI is InChI=1S/C27H27BrN6O3/c28-18-11-16-8-6-14(10-19(16)33-25(18)29)7-9-17-12-20(24(37)23(17)36)34-27-21(26(30)31-13-32-27)22(35)15-4-2-1-3-5-15/h1-6,8,10-11,13,17,20,23-24,36-37H,7,9,12H2,(H2,29,33)(H3,30,31,32,34)/t17-,20+,23+,24-/m0/s1. The molecule has 0 saturated heterocycles. The van der Waals surface area contributed by atoms with Gasteiger partial charge in [0.2, 0.25) is 0 Å². The minimum absolute atomic E-state index is 0.0496. The zero-order valence-electron chi connectivity index (χ0n) is 19.9. The molecule has 1 fully saturated rings. The number of nitrogens with one attached hydrogen (secondary N) is 1. The predicted octanol–water partition coefficient (Wildman–Crippen LogP) is 3.34. The summed E-state index contributed by atoms with van der Waals surface area (Å²) in [4.78, 5) is 25.8. The van der Waals surface area contributed by atoms with Crippen LogP contribution >= 0.6 is 15.9 Å². The van der Waals surface area contributed by atoms with Crippen molar-refractivity contribution in [2.45, 2.75) is 37.5 Å². The topological polar surface area (TPSA) is 160 Å². The van der Waals surface area contributed by atoms with Crippen molar-refractivity contribution in [1.82, 2.24) is 15.0 Å². The predicted molar refractivity (Wildman–Crippen MR) is 146 cm³/mol. The van der Waals surface area contributed by atoms with Crippen molar-refractivity contribution in [3.8, 4) is 0 Å². The molecule has 0 bridgehead atoms. The average Bonchev–Trinajstić information content (AvgIpc) is 3.16. The second-order valence-electron chi connectivity index (χ2n) is 9.33. The Morgan fingerprint density at radius 2 is 1.81 bits per heavy atom. The Morgan fingerprint density at radius 3 is 2.59 bits per heavy atom. The molecule has 2 heterocycles. The van der Waals surface area contributed by atoms with Crippen LogP contribution in [0.3, 0.4) is 0 Å². The van der Waals surface area contributed by atoms with Crippen LogP contribution < -0.4 is 16.8 Å². The first kappa shape index (κ1) is 25.1. The van der Waals surface area contributed by atoms with Gasteiger partial charge in [-0.15, -0.1) is 0 Å². The molecule has 0 aliphatic heterocycles. The number of aromatic nitrogens is 3. The van der Waals surface area contributed by atoms with Gasteiger partial charge in [-0.05, 0) is 58.8 Å². The highest BCUT2D eigenvalue weighted by Crippen LogP contribution is 2.34. The van der Waals surface area contributed by atoms with E-state index in [-0.39, 0.29) is 28.9 Å². The van der Waals surface area contributed by atoms with E-state index in [0.29, 0.717) is 30.6 Å². The maximum atomic E-state index is 13.1. The Kier molecular flexibility index (Phi) is 7.05. The van der Waals surface area contributed by atoms with E-state index in [1.54, 1.807) is 24.3 Å². The molecule has 37 heavy (non-hydrogen) atoms. The van der Waals surface area contributed by atoms with Crippen LogP contribution in [0.4, 0.5) is 17.5 Å². The summed E-state index contributed by atoms with van der Waals surface area (Å²) < 4.78 is 0.758. The minimum Gasteiger partial charge on any atom is -0.390 e. The van der Waals surface area contributed by atoms with Crippen molar-refractivity contribution >= 4 is 50.1 Å². The van der Waals surface area contributed by atoms with Crippen LogP contribution in [0.25, 0.3) is 10.9 Å². The fourth-order valence-corrected chi connectivity index (χ4v) is 5.24. The quantitative estimate of drug-likeness (QED) is 0.213. The Balaban J connectivity index is 1.30. The van der Waals surface area contributed by atoms with E-state index in [1.807, 2.05) is 30.3 Å². The largest absolute Gasteiger partial charge is 0.390 e. The number of anilines is 3. The number of fused-ring (bicyclic) bond motifs is 1. The van der Waals surface area contributed by atoms with Gasteiger partial charge in [0.1, 0.15) is 35.4 Å². The summed E-state index contributed by atoms with van der Waals surface area (Å²) in [6.45, 7) is 0. The number of ketones is 1.